The molecule has 0 radical (unpaired) electrons. The summed E-state index contributed by atoms with van der Waals surface area (Å²) in [4.78, 5) is 16.1. The van der Waals surface area contributed by atoms with Crippen LogP contribution in [0.1, 0.15) is 15.9 Å². The van der Waals surface area contributed by atoms with Crippen LogP contribution in [0.4, 0.5) is 5.82 Å². The Morgan fingerprint density at radius 2 is 1.87 bits per heavy atom. The Labute approximate surface area is 142 Å². The van der Waals surface area contributed by atoms with Crippen molar-refractivity contribution in [1.29, 1.82) is 0 Å². The van der Waals surface area contributed by atoms with Crippen molar-refractivity contribution in [3.63, 3.8) is 0 Å². The molecule has 7 heteroatoms. The highest BCUT2D eigenvalue weighted by Crippen LogP contribution is 2.14. The maximum Gasteiger partial charge on any atom is 0.258 e. The maximum absolute atomic E-state index is 12.2. The number of rotatable bonds is 4. The van der Waals surface area contributed by atoms with Crippen molar-refractivity contribution < 1.29 is 4.79 Å². The van der Waals surface area contributed by atoms with Gasteiger partial charge in [-0.3, -0.25) is 4.79 Å². The molecule has 3 aromatic rings. The first-order valence-electron chi connectivity index (χ1n) is 6.81. The molecule has 0 aliphatic rings. The van der Waals surface area contributed by atoms with Gasteiger partial charge in [0.2, 0.25) is 0 Å². The summed E-state index contributed by atoms with van der Waals surface area (Å²) < 4.78 is 1.70. The molecule has 23 heavy (non-hydrogen) atoms. The molecule has 0 unspecified atom stereocenters. The Bertz CT molecular complexity index is 813. The van der Waals surface area contributed by atoms with Crippen LogP contribution in [0.15, 0.2) is 54.9 Å². The predicted octanol–water partition coefficient (Wildman–Crippen LogP) is 3.89. The Balaban J connectivity index is 1.74. The predicted molar refractivity (Wildman–Crippen MR) is 90.0 cm³/mol. The smallest absolute Gasteiger partial charge is 0.258 e. The van der Waals surface area contributed by atoms with Crippen LogP contribution in [0.25, 0.3) is 0 Å². The minimum Gasteiger partial charge on any atom is -0.307 e. The van der Waals surface area contributed by atoms with Gasteiger partial charge in [-0.2, -0.15) is 5.10 Å². The van der Waals surface area contributed by atoms with E-state index < -0.39 is 0 Å². The normalized spacial score (nSPS) is 10.5. The van der Waals surface area contributed by atoms with Crippen molar-refractivity contribution in [2.45, 2.75) is 6.54 Å². The van der Waals surface area contributed by atoms with Gasteiger partial charge in [0.15, 0.2) is 0 Å². The molecule has 1 amide bonds. The van der Waals surface area contributed by atoms with Gasteiger partial charge in [-0.05, 0) is 29.8 Å². The molecule has 0 saturated carbocycles. The number of benzene rings is 1. The fraction of sp³-hybridized carbons (Fsp3) is 0.0625. The highest BCUT2D eigenvalue weighted by Gasteiger charge is 2.10. The fourth-order valence-corrected chi connectivity index (χ4v) is 2.26. The zero-order chi connectivity index (χ0) is 16.2. The summed E-state index contributed by atoms with van der Waals surface area (Å²) in [7, 11) is 0. The first kappa shape index (κ1) is 15.5. The van der Waals surface area contributed by atoms with Gasteiger partial charge in [0.25, 0.3) is 5.91 Å². The number of aromatic nitrogens is 3. The number of hydrogen-bond donors (Lipinski definition) is 1. The zero-order valence-electron chi connectivity index (χ0n) is 11.9. The summed E-state index contributed by atoms with van der Waals surface area (Å²) in [6.45, 7) is 0.526. The summed E-state index contributed by atoms with van der Waals surface area (Å²) >= 11 is 11.6. The lowest BCUT2D eigenvalue weighted by molar-refractivity contribution is 0.102. The molecular weight excluding hydrogens is 335 g/mol. The Morgan fingerprint density at radius 1 is 1.09 bits per heavy atom. The van der Waals surface area contributed by atoms with Gasteiger partial charge in [-0.25, -0.2) is 9.67 Å². The van der Waals surface area contributed by atoms with Crippen molar-refractivity contribution in [3.8, 4) is 0 Å². The summed E-state index contributed by atoms with van der Waals surface area (Å²) in [5.74, 6) is 0.326. The number of carbonyl (C=O) groups excluding carboxylic acids is 1. The van der Waals surface area contributed by atoms with E-state index in [0.29, 0.717) is 28.1 Å². The largest absolute Gasteiger partial charge is 0.307 e. The molecule has 2 aromatic heterocycles. The lowest BCUT2D eigenvalue weighted by atomic mass is 10.2. The van der Waals surface area contributed by atoms with Gasteiger partial charge >= 0.3 is 0 Å². The van der Waals surface area contributed by atoms with E-state index in [-0.39, 0.29) is 5.91 Å². The number of nitrogens with one attached hydrogen (secondary N) is 1. The summed E-state index contributed by atoms with van der Waals surface area (Å²) in [6, 6.07) is 12.4. The van der Waals surface area contributed by atoms with Gasteiger partial charge in [-0.15, -0.1) is 0 Å². The Kier molecular flexibility index (Phi) is 4.60. The van der Waals surface area contributed by atoms with Crippen LogP contribution in [-0.2, 0) is 6.54 Å². The molecule has 116 valence electrons. The maximum atomic E-state index is 12.2. The third-order valence-electron chi connectivity index (χ3n) is 3.19. The van der Waals surface area contributed by atoms with Crippen LogP contribution in [0.5, 0.6) is 0 Å². The molecule has 0 spiro atoms. The lowest BCUT2D eigenvalue weighted by Gasteiger charge is -2.09. The second-order valence-corrected chi connectivity index (χ2v) is 5.65. The van der Waals surface area contributed by atoms with E-state index in [1.54, 1.807) is 29.1 Å². The average Bonchev–Trinajstić information content (AvgIpc) is 2.97. The SMILES string of the molecule is O=C(Nc1ccnn1Cc1ccc(Cl)cc1)c1ccc(Cl)nc1. The average molecular weight is 347 g/mol. The molecule has 5 nitrogen and oxygen atoms in total. The van der Waals surface area contributed by atoms with Crippen molar-refractivity contribution in [1.82, 2.24) is 14.8 Å². The second-order valence-electron chi connectivity index (χ2n) is 4.82. The van der Waals surface area contributed by atoms with Gasteiger partial charge in [0.1, 0.15) is 11.0 Å². The van der Waals surface area contributed by atoms with Crippen molar-refractivity contribution in [2.75, 3.05) is 5.32 Å². The molecule has 0 bridgehead atoms. The second kappa shape index (κ2) is 6.81. The molecule has 1 aromatic carbocycles. The number of amides is 1. The van der Waals surface area contributed by atoms with Crippen molar-refractivity contribution in [3.05, 3.63) is 76.2 Å². The van der Waals surface area contributed by atoms with Crippen LogP contribution in [0.2, 0.25) is 10.2 Å². The van der Waals surface area contributed by atoms with E-state index in [9.17, 15) is 4.79 Å². The molecule has 0 aliphatic heterocycles. The number of hydrogen-bond acceptors (Lipinski definition) is 3. The minimum atomic E-state index is -0.271. The van der Waals surface area contributed by atoms with E-state index >= 15 is 0 Å². The highest BCUT2D eigenvalue weighted by molar-refractivity contribution is 6.30. The van der Waals surface area contributed by atoms with Crippen LogP contribution in [0.3, 0.4) is 0 Å². The third-order valence-corrected chi connectivity index (χ3v) is 3.67. The number of carbonyl (C=O) groups is 1. The molecule has 2 heterocycles. The number of anilines is 1. The van der Waals surface area contributed by atoms with E-state index in [1.165, 1.54) is 6.20 Å². The Hall–Kier alpha value is -2.37. The van der Waals surface area contributed by atoms with Crippen LogP contribution < -0.4 is 5.32 Å². The van der Waals surface area contributed by atoms with Gasteiger partial charge in [0.05, 0.1) is 18.3 Å². The Morgan fingerprint density at radius 3 is 2.57 bits per heavy atom. The van der Waals surface area contributed by atoms with E-state index in [0.717, 1.165) is 5.56 Å². The molecule has 0 aliphatic carbocycles. The zero-order valence-corrected chi connectivity index (χ0v) is 13.4. The first-order valence-corrected chi connectivity index (χ1v) is 7.56. The molecule has 0 atom stereocenters. The quantitative estimate of drug-likeness (QED) is 0.729. The molecular formula is C16H12Cl2N4O. The minimum absolute atomic E-state index is 0.271. The molecule has 3 rings (SSSR count). The molecule has 0 fully saturated rings. The third kappa shape index (κ3) is 3.88. The molecule has 0 saturated heterocycles. The van der Waals surface area contributed by atoms with E-state index in [1.807, 2.05) is 24.3 Å². The highest BCUT2D eigenvalue weighted by atomic mass is 35.5. The lowest BCUT2D eigenvalue weighted by Crippen LogP contribution is -2.16. The van der Waals surface area contributed by atoms with Gasteiger partial charge in [-0.1, -0.05) is 35.3 Å². The number of halogens is 2. The number of pyridine rings is 1. The summed E-state index contributed by atoms with van der Waals surface area (Å²) in [6.07, 6.45) is 3.06. The summed E-state index contributed by atoms with van der Waals surface area (Å²) in [5, 5.41) is 8.06. The van der Waals surface area contributed by atoms with Gasteiger partial charge in [0, 0.05) is 17.3 Å². The topological polar surface area (TPSA) is 59.8 Å². The number of nitrogens with zero attached hydrogens (tertiary/aromatic N) is 3. The first-order chi connectivity index (χ1) is 11.1. The van der Waals surface area contributed by atoms with E-state index in [2.05, 4.69) is 15.4 Å². The van der Waals surface area contributed by atoms with Crippen LogP contribution in [-0.4, -0.2) is 20.7 Å². The van der Waals surface area contributed by atoms with E-state index in [4.69, 9.17) is 23.2 Å². The van der Waals surface area contributed by atoms with Gasteiger partial charge < -0.3 is 5.32 Å². The molecule has 1 N–H and O–H groups in total. The van der Waals surface area contributed by atoms with Crippen LogP contribution >= 0.6 is 23.2 Å². The van der Waals surface area contributed by atoms with Crippen molar-refractivity contribution in [2.24, 2.45) is 0 Å². The van der Waals surface area contributed by atoms with Crippen LogP contribution in [0, 0.1) is 0 Å². The fourth-order valence-electron chi connectivity index (χ4n) is 2.03. The van der Waals surface area contributed by atoms with Crippen molar-refractivity contribution >= 4 is 34.9 Å². The summed E-state index contributed by atoms with van der Waals surface area (Å²) in [5.41, 5.74) is 1.45. The monoisotopic (exact) mass is 346 g/mol. The standard InChI is InChI=1S/C16H12Cl2N4O/c17-13-4-1-11(2-5-13)10-22-15(7-8-20-22)21-16(23)12-3-6-14(18)19-9-12/h1-9H,10H2,(H,21,23).